The number of benzene rings is 3. The highest BCUT2D eigenvalue weighted by Gasteiger charge is 2.54. The van der Waals surface area contributed by atoms with Crippen LogP contribution in [-0.2, 0) is 49.4 Å². The van der Waals surface area contributed by atoms with Gasteiger partial charge in [0.1, 0.15) is 85.5 Å². The topological polar surface area (TPSA) is 331 Å². The number of carbonyl (C=O) groups excluding carboxylic acids is 3. The molecule has 3 heterocycles. The van der Waals surface area contributed by atoms with Crippen LogP contribution in [0.4, 0.5) is 0 Å². The van der Waals surface area contributed by atoms with Gasteiger partial charge in [0.05, 0.1) is 32.0 Å². The molecular weight excluding hydrogens is 888 g/mol. The molecule has 22 heteroatoms. The van der Waals surface area contributed by atoms with Crippen molar-refractivity contribution in [1.82, 2.24) is 10.6 Å². The Morgan fingerprint density at radius 3 is 1.96 bits per heavy atom. The van der Waals surface area contributed by atoms with Gasteiger partial charge in [-0.2, -0.15) is 0 Å². The van der Waals surface area contributed by atoms with E-state index in [1.54, 1.807) is 42.5 Å². The molecule has 3 aromatic rings. The van der Waals surface area contributed by atoms with Crippen molar-refractivity contribution in [3.8, 4) is 16.9 Å². The molecule has 11 N–H and O–H groups in total. The van der Waals surface area contributed by atoms with Crippen LogP contribution in [0.15, 0.2) is 78.9 Å². The van der Waals surface area contributed by atoms with Crippen LogP contribution in [0.1, 0.15) is 29.3 Å². The fourth-order valence-electron chi connectivity index (χ4n) is 7.66. The number of aliphatic hydroxyl groups is 9. The second-order valence-electron chi connectivity index (χ2n) is 16.1. The van der Waals surface area contributed by atoms with Crippen molar-refractivity contribution in [2.45, 2.75) is 112 Å². The van der Waals surface area contributed by atoms with Gasteiger partial charge in [-0.1, -0.05) is 54.6 Å². The number of carbonyl (C=O) groups is 3. The van der Waals surface area contributed by atoms with Crippen LogP contribution >= 0.6 is 0 Å². The Morgan fingerprint density at radius 1 is 0.642 bits per heavy atom. The molecule has 22 nitrogen and oxygen atoms in total. The lowest BCUT2D eigenvalue weighted by Crippen LogP contribution is -2.68. The smallest absolute Gasteiger partial charge is 0.338 e. The zero-order valence-electron chi connectivity index (χ0n) is 36.3. The molecule has 15 atom stereocenters. The summed E-state index contributed by atoms with van der Waals surface area (Å²) in [5, 5.41) is 99.5. The summed E-state index contributed by atoms with van der Waals surface area (Å²) in [5.41, 5.74) is 2.86. The second kappa shape index (κ2) is 24.5. The Kier molecular flexibility index (Phi) is 18.9. The van der Waals surface area contributed by atoms with E-state index in [4.69, 9.17) is 37.9 Å². The van der Waals surface area contributed by atoms with Gasteiger partial charge in [0.2, 0.25) is 5.91 Å². The Morgan fingerprint density at radius 2 is 1.28 bits per heavy atom. The Balaban J connectivity index is 0.967. The van der Waals surface area contributed by atoms with E-state index < -0.39 is 130 Å². The van der Waals surface area contributed by atoms with Crippen LogP contribution in [0.25, 0.3) is 11.1 Å². The monoisotopic (exact) mass is 946 g/mol. The SMILES string of the molecule is CC(=O)NC1C(OCCCNC(=O)COc2ccc(-c3cccc(C(=O)OCc4ccccc4)c3)cc2)OC(CO)C(OC2OC(CO)C(O)C(OC3OC(CO)C(O)C(O)C3O)C2O)C1O. The van der Waals surface area contributed by atoms with Crippen LogP contribution in [0, 0.1) is 0 Å². The fourth-order valence-corrected chi connectivity index (χ4v) is 7.66. The molecule has 3 fully saturated rings. The normalized spacial score (nSPS) is 31.9. The van der Waals surface area contributed by atoms with Crippen molar-refractivity contribution in [3.63, 3.8) is 0 Å². The molecular formula is C45H58N2O20. The number of aliphatic hydroxyl groups excluding tert-OH is 9. The van der Waals surface area contributed by atoms with E-state index in [0.29, 0.717) is 11.3 Å². The molecule has 2 amide bonds. The maximum absolute atomic E-state index is 12.7. The summed E-state index contributed by atoms with van der Waals surface area (Å²) in [6.07, 6.45) is -23.3. The highest BCUT2D eigenvalue weighted by molar-refractivity contribution is 5.91. The lowest BCUT2D eigenvalue weighted by Gasteiger charge is -2.48. The standard InChI is InChI=1S/C45H58N2O20/c1-23(51)47-33-36(55)40(66-45-39(58)41(35(54)30(19-49)64-45)67-44-38(57)37(56)34(53)29(18-48)63-44)31(20-50)65-43(33)60-16-6-15-46-32(52)22-61-28-13-11-25(12-14-28)26-9-5-10-27(17-26)42(59)62-21-24-7-3-2-4-8-24/h2-5,7-14,17,29-31,33-41,43-45,48-50,53-58H,6,15-16,18-22H2,1H3,(H,46,52)(H,47,51). The molecule has 15 unspecified atom stereocenters. The molecule has 0 bridgehead atoms. The number of hydrogen-bond donors (Lipinski definition) is 11. The fraction of sp³-hybridized carbons (Fsp3) is 0.533. The third-order valence-electron chi connectivity index (χ3n) is 11.3. The highest BCUT2D eigenvalue weighted by atomic mass is 16.8. The summed E-state index contributed by atoms with van der Waals surface area (Å²) in [6, 6.07) is 22.0. The van der Waals surface area contributed by atoms with Gasteiger partial charge in [0.15, 0.2) is 25.5 Å². The van der Waals surface area contributed by atoms with Crippen molar-refractivity contribution >= 4 is 17.8 Å². The summed E-state index contributed by atoms with van der Waals surface area (Å²) >= 11 is 0. The average Bonchev–Trinajstić information content (AvgIpc) is 3.34. The molecule has 67 heavy (non-hydrogen) atoms. The Labute approximate surface area is 384 Å². The van der Waals surface area contributed by atoms with Crippen LogP contribution in [0.3, 0.4) is 0 Å². The number of rotatable bonds is 20. The first kappa shape index (κ1) is 51.7. The summed E-state index contributed by atoms with van der Waals surface area (Å²) in [4.78, 5) is 37.5. The lowest BCUT2D eigenvalue weighted by molar-refractivity contribution is -0.376. The maximum Gasteiger partial charge on any atom is 0.338 e. The van der Waals surface area contributed by atoms with E-state index in [9.17, 15) is 60.3 Å². The minimum absolute atomic E-state index is 0.0663. The van der Waals surface area contributed by atoms with Gasteiger partial charge in [-0.3, -0.25) is 9.59 Å². The molecule has 0 aliphatic carbocycles. The molecule has 0 radical (unpaired) electrons. The van der Waals surface area contributed by atoms with Crippen LogP contribution in [0.2, 0.25) is 0 Å². The first-order valence-electron chi connectivity index (χ1n) is 21.6. The first-order valence-corrected chi connectivity index (χ1v) is 21.6. The minimum atomic E-state index is -1.97. The lowest BCUT2D eigenvalue weighted by atomic mass is 9.95. The predicted molar refractivity (Wildman–Crippen MR) is 227 cm³/mol. The van der Waals surface area contributed by atoms with E-state index in [1.807, 2.05) is 36.4 Å². The molecule has 6 rings (SSSR count). The summed E-state index contributed by atoms with van der Waals surface area (Å²) < 4.78 is 45.2. The van der Waals surface area contributed by atoms with Crippen LogP contribution in [0.5, 0.6) is 5.75 Å². The summed E-state index contributed by atoms with van der Waals surface area (Å²) in [7, 11) is 0. The van der Waals surface area contributed by atoms with Crippen molar-refractivity contribution in [2.24, 2.45) is 0 Å². The number of hydrogen-bond acceptors (Lipinski definition) is 20. The summed E-state index contributed by atoms with van der Waals surface area (Å²) in [5.74, 6) is -1.07. The van der Waals surface area contributed by atoms with Crippen molar-refractivity contribution in [1.29, 1.82) is 0 Å². The molecule has 0 saturated carbocycles. The quantitative estimate of drug-likeness (QED) is 0.0403. The van der Waals surface area contributed by atoms with E-state index in [1.165, 1.54) is 6.92 Å². The van der Waals surface area contributed by atoms with Gasteiger partial charge < -0.3 is 94.5 Å². The maximum atomic E-state index is 12.7. The summed E-state index contributed by atoms with van der Waals surface area (Å²) in [6.45, 7) is -1.35. The molecule has 0 aromatic heterocycles. The number of esters is 1. The van der Waals surface area contributed by atoms with E-state index in [2.05, 4.69) is 10.6 Å². The van der Waals surface area contributed by atoms with Crippen LogP contribution < -0.4 is 15.4 Å². The van der Waals surface area contributed by atoms with Gasteiger partial charge in [-0.05, 0) is 47.4 Å². The molecule has 3 saturated heterocycles. The number of nitrogens with one attached hydrogen (secondary N) is 2. The van der Waals surface area contributed by atoms with Gasteiger partial charge in [0.25, 0.3) is 5.91 Å². The van der Waals surface area contributed by atoms with Crippen LogP contribution in [-0.4, -0.2) is 195 Å². The number of amides is 2. The van der Waals surface area contributed by atoms with E-state index >= 15 is 0 Å². The van der Waals surface area contributed by atoms with Gasteiger partial charge >= 0.3 is 5.97 Å². The highest BCUT2D eigenvalue weighted by Crippen LogP contribution is 2.33. The first-order chi connectivity index (χ1) is 32.2. The Bertz CT molecular complexity index is 2030. The predicted octanol–water partition coefficient (Wildman–Crippen LogP) is -2.80. The van der Waals surface area contributed by atoms with Gasteiger partial charge in [-0.15, -0.1) is 0 Å². The zero-order chi connectivity index (χ0) is 48.2. The number of ether oxygens (including phenoxy) is 8. The molecule has 0 spiro atoms. The third kappa shape index (κ3) is 13.3. The molecule has 3 aliphatic rings. The third-order valence-corrected chi connectivity index (χ3v) is 11.3. The van der Waals surface area contributed by atoms with Gasteiger partial charge in [0, 0.05) is 13.5 Å². The minimum Gasteiger partial charge on any atom is -0.484 e. The Hall–Kier alpha value is -4.73. The molecule has 368 valence electrons. The second-order valence-corrected chi connectivity index (χ2v) is 16.1. The van der Waals surface area contributed by atoms with E-state index in [-0.39, 0.29) is 32.8 Å². The molecule has 3 aliphatic heterocycles. The van der Waals surface area contributed by atoms with Crippen molar-refractivity contribution in [3.05, 3.63) is 90.0 Å². The van der Waals surface area contributed by atoms with Crippen molar-refractivity contribution < 1.29 is 98.2 Å². The largest absolute Gasteiger partial charge is 0.484 e. The van der Waals surface area contributed by atoms with Gasteiger partial charge in [-0.25, -0.2) is 4.79 Å². The van der Waals surface area contributed by atoms with E-state index in [0.717, 1.165) is 16.7 Å². The van der Waals surface area contributed by atoms with Crippen molar-refractivity contribution in [2.75, 3.05) is 39.6 Å². The molecule has 3 aromatic carbocycles. The zero-order valence-corrected chi connectivity index (χ0v) is 36.3. The average molecular weight is 947 g/mol.